The number of anilines is 1. The second-order valence-electron chi connectivity index (χ2n) is 9.24. The molecule has 1 aromatic heterocycles. The molecular formula is C22H32ClN5O4. The molecule has 32 heavy (non-hydrogen) atoms. The molecule has 0 aliphatic carbocycles. The number of hydrogen-bond donors (Lipinski definition) is 4. The number of nitrogens with one attached hydrogen (secondary N) is 1. The van der Waals surface area contributed by atoms with Gasteiger partial charge in [-0.2, -0.15) is 0 Å². The number of rotatable bonds is 5. The molecule has 0 saturated carbocycles. The van der Waals surface area contributed by atoms with E-state index < -0.39 is 23.7 Å². The van der Waals surface area contributed by atoms with Crippen LogP contribution in [0.15, 0.2) is 30.3 Å². The van der Waals surface area contributed by atoms with Gasteiger partial charge in [-0.25, -0.2) is 19.6 Å². The number of aliphatic carboxylic acids is 1. The topological polar surface area (TPSA) is 153 Å². The molecule has 176 valence electrons. The summed E-state index contributed by atoms with van der Waals surface area (Å²) in [5, 5.41) is 12.0. The van der Waals surface area contributed by atoms with Gasteiger partial charge >= 0.3 is 12.1 Å². The Labute approximate surface area is 193 Å². The van der Waals surface area contributed by atoms with Crippen molar-refractivity contribution in [2.75, 3.05) is 5.73 Å². The number of nitrogens with two attached hydrogens (primary N) is 2. The number of carboxylic acid groups (broad SMARTS) is 1. The number of hydrogen-bond acceptors (Lipinski definition) is 7. The van der Waals surface area contributed by atoms with Crippen LogP contribution < -0.4 is 16.8 Å². The van der Waals surface area contributed by atoms with E-state index in [1.165, 1.54) is 0 Å². The van der Waals surface area contributed by atoms with Crippen molar-refractivity contribution in [1.29, 1.82) is 0 Å². The average molecular weight is 466 g/mol. The molecule has 0 fully saturated rings. The van der Waals surface area contributed by atoms with Crippen LogP contribution in [0.1, 0.15) is 47.1 Å². The first-order valence-corrected chi connectivity index (χ1v) is 10.3. The standard InChI is InChI=1S/C18H21ClN4O4.C4H11N/c1-18(2,3)27-17(26)22-13(15(24)25)8-10-4-6-11(7-5-10)12-9-14(19)23-16(20)21-12;1-4(2,3)5/h4-7,9,13H,8H2,1-3H3,(H,22,26)(H,24,25)(H2,20,21,23);5H2,1-3H3/t13-;/m0./s1. The molecule has 0 aliphatic heterocycles. The van der Waals surface area contributed by atoms with Gasteiger partial charge in [0.05, 0.1) is 5.69 Å². The highest BCUT2D eigenvalue weighted by molar-refractivity contribution is 6.29. The van der Waals surface area contributed by atoms with E-state index in [-0.39, 0.29) is 23.1 Å². The predicted molar refractivity (Wildman–Crippen MR) is 125 cm³/mol. The SMILES string of the molecule is CC(C)(C)N.CC(C)(C)OC(=O)N[C@@H](Cc1ccc(-c2cc(Cl)nc(N)n2)cc1)C(=O)O. The lowest BCUT2D eigenvalue weighted by molar-refractivity contribution is -0.139. The van der Waals surface area contributed by atoms with Gasteiger partial charge in [0.15, 0.2) is 0 Å². The molecule has 6 N–H and O–H groups in total. The minimum atomic E-state index is -1.15. The van der Waals surface area contributed by atoms with E-state index in [0.29, 0.717) is 5.69 Å². The molecule has 0 spiro atoms. The first kappa shape index (κ1) is 27.1. The highest BCUT2D eigenvalue weighted by atomic mass is 35.5. The van der Waals surface area contributed by atoms with Gasteiger partial charge in [0.25, 0.3) is 0 Å². The molecule has 0 aliphatic rings. The molecule has 1 amide bonds. The predicted octanol–water partition coefficient (Wildman–Crippen LogP) is 3.64. The molecular weight excluding hydrogens is 434 g/mol. The van der Waals surface area contributed by atoms with E-state index in [1.54, 1.807) is 51.1 Å². The zero-order chi connectivity index (χ0) is 24.7. The Bertz CT molecular complexity index is 895. The highest BCUT2D eigenvalue weighted by Crippen LogP contribution is 2.21. The highest BCUT2D eigenvalue weighted by Gasteiger charge is 2.24. The number of amides is 1. The van der Waals surface area contributed by atoms with E-state index >= 15 is 0 Å². The molecule has 1 atom stereocenters. The quantitative estimate of drug-likeness (QED) is 0.488. The lowest BCUT2D eigenvalue weighted by Gasteiger charge is -2.22. The lowest BCUT2D eigenvalue weighted by Crippen LogP contribution is -2.44. The number of aromatic nitrogens is 2. The van der Waals surface area contributed by atoms with Crippen molar-refractivity contribution in [3.63, 3.8) is 0 Å². The summed E-state index contributed by atoms with van der Waals surface area (Å²) in [5.41, 5.74) is 12.3. The van der Waals surface area contributed by atoms with Gasteiger partial charge in [-0.1, -0.05) is 35.9 Å². The Kier molecular flexibility index (Phi) is 9.41. The van der Waals surface area contributed by atoms with Crippen LogP contribution in [0.25, 0.3) is 11.3 Å². The number of ether oxygens (including phenoxy) is 1. The molecule has 1 aromatic carbocycles. The summed E-state index contributed by atoms with van der Waals surface area (Å²) >= 11 is 5.88. The minimum Gasteiger partial charge on any atom is -0.480 e. The Balaban J connectivity index is 0.000000920. The maximum atomic E-state index is 11.8. The number of halogens is 1. The van der Waals surface area contributed by atoms with Gasteiger partial charge in [-0.15, -0.1) is 0 Å². The second kappa shape index (κ2) is 11.1. The fraction of sp³-hybridized carbons (Fsp3) is 0.455. The second-order valence-corrected chi connectivity index (χ2v) is 9.63. The third-order valence-electron chi connectivity index (χ3n) is 3.39. The Hall–Kier alpha value is -2.91. The Morgan fingerprint density at radius 2 is 1.66 bits per heavy atom. The lowest BCUT2D eigenvalue weighted by atomic mass is 10.0. The summed E-state index contributed by atoms with van der Waals surface area (Å²) in [4.78, 5) is 31.2. The van der Waals surface area contributed by atoms with Crippen LogP contribution in [0.3, 0.4) is 0 Å². The zero-order valence-corrected chi connectivity index (χ0v) is 20.0. The van der Waals surface area contributed by atoms with Crippen molar-refractivity contribution in [2.24, 2.45) is 5.73 Å². The van der Waals surface area contributed by atoms with Crippen LogP contribution in [0.5, 0.6) is 0 Å². The largest absolute Gasteiger partial charge is 0.480 e. The van der Waals surface area contributed by atoms with Crippen LogP contribution in [0.4, 0.5) is 10.7 Å². The normalized spacial score (nSPS) is 12.2. The van der Waals surface area contributed by atoms with E-state index in [0.717, 1.165) is 11.1 Å². The van der Waals surface area contributed by atoms with Crippen molar-refractivity contribution in [3.05, 3.63) is 41.0 Å². The average Bonchev–Trinajstić information content (AvgIpc) is 2.57. The van der Waals surface area contributed by atoms with Crippen molar-refractivity contribution in [1.82, 2.24) is 15.3 Å². The smallest absolute Gasteiger partial charge is 0.408 e. The summed E-state index contributed by atoms with van der Waals surface area (Å²) in [7, 11) is 0. The number of nitrogens with zero attached hydrogens (tertiary/aromatic N) is 2. The molecule has 9 nitrogen and oxygen atoms in total. The number of carbonyl (C=O) groups excluding carboxylic acids is 1. The van der Waals surface area contributed by atoms with Crippen molar-refractivity contribution >= 4 is 29.6 Å². The first-order valence-electron chi connectivity index (χ1n) is 9.94. The van der Waals surface area contributed by atoms with Gasteiger partial charge in [0.1, 0.15) is 16.8 Å². The third-order valence-corrected chi connectivity index (χ3v) is 3.58. The molecule has 0 unspecified atom stereocenters. The van der Waals surface area contributed by atoms with E-state index in [1.807, 2.05) is 20.8 Å². The molecule has 10 heteroatoms. The van der Waals surface area contributed by atoms with Crippen molar-refractivity contribution < 1.29 is 19.4 Å². The van der Waals surface area contributed by atoms with Crippen LogP contribution in [-0.2, 0) is 16.0 Å². The fourth-order valence-electron chi connectivity index (χ4n) is 2.28. The maximum absolute atomic E-state index is 11.8. The van der Waals surface area contributed by atoms with Crippen molar-refractivity contribution in [2.45, 2.75) is 65.1 Å². The molecule has 0 saturated heterocycles. The van der Waals surface area contributed by atoms with E-state index in [9.17, 15) is 14.7 Å². The summed E-state index contributed by atoms with van der Waals surface area (Å²) in [6.45, 7) is 11.0. The summed E-state index contributed by atoms with van der Waals surface area (Å²) in [5.74, 6) is -1.09. The molecule has 2 aromatic rings. The van der Waals surface area contributed by atoms with E-state index in [4.69, 9.17) is 27.8 Å². The van der Waals surface area contributed by atoms with Crippen molar-refractivity contribution in [3.8, 4) is 11.3 Å². The van der Waals surface area contributed by atoms with Gasteiger partial charge in [-0.05, 0) is 47.1 Å². The zero-order valence-electron chi connectivity index (χ0n) is 19.3. The molecule has 0 radical (unpaired) electrons. The van der Waals surface area contributed by atoms with Crippen LogP contribution >= 0.6 is 11.6 Å². The summed E-state index contributed by atoms with van der Waals surface area (Å²) in [6, 6.07) is 7.48. The number of benzene rings is 1. The fourth-order valence-corrected chi connectivity index (χ4v) is 2.47. The summed E-state index contributed by atoms with van der Waals surface area (Å²) < 4.78 is 5.10. The Morgan fingerprint density at radius 3 is 2.09 bits per heavy atom. The van der Waals surface area contributed by atoms with E-state index in [2.05, 4.69) is 15.3 Å². The Morgan fingerprint density at radius 1 is 1.12 bits per heavy atom. The molecule has 1 heterocycles. The molecule has 2 rings (SSSR count). The van der Waals surface area contributed by atoms with Gasteiger partial charge in [-0.3, -0.25) is 0 Å². The minimum absolute atomic E-state index is 0. The number of carbonyl (C=O) groups is 2. The monoisotopic (exact) mass is 465 g/mol. The van der Waals surface area contributed by atoms with Gasteiger partial charge in [0, 0.05) is 23.6 Å². The maximum Gasteiger partial charge on any atom is 0.408 e. The number of carboxylic acids is 1. The number of nitrogen functional groups attached to an aromatic ring is 1. The third kappa shape index (κ3) is 11.5. The van der Waals surface area contributed by atoms with Crippen LogP contribution in [-0.4, -0.2) is 44.3 Å². The summed E-state index contributed by atoms with van der Waals surface area (Å²) in [6.07, 6.45) is -0.681. The van der Waals surface area contributed by atoms with Gasteiger partial charge in [0.2, 0.25) is 5.95 Å². The first-order chi connectivity index (χ1) is 14.5. The van der Waals surface area contributed by atoms with Gasteiger partial charge < -0.3 is 26.6 Å². The van der Waals surface area contributed by atoms with Crippen LogP contribution in [0.2, 0.25) is 5.15 Å². The number of alkyl carbamates (subject to hydrolysis) is 1. The van der Waals surface area contributed by atoms with Crippen LogP contribution in [0, 0.1) is 0 Å². The molecule has 0 bridgehead atoms.